The third-order valence-electron chi connectivity index (χ3n) is 2.33. The maximum Gasteiger partial charge on any atom is 0.329 e. The second-order valence-corrected chi connectivity index (χ2v) is 4.01. The van der Waals surface area contributed by atoms with Gasteiger partial charge in [0.05, 0.1) is 18.7 Å². The molecule has 1 heterocycles. The number of aromatic nitrogens is 2. The number of H-pyrrole nitrogens is 1. The van der Waals surface area contributed by atoms with Gasteiger partial charge in [0.1, 0.15) is 5.82 Å². The minimum Gasteiger partial charge on any atom is -0.385 e. The van der Waals surface area contributed by atoms with Crippen molar-refractivity contribution in [3.05, 3.63) is 26.4 Å². The summed E-state index contributed by atoms with van der Waals surface area (Å²) >= 11 is 0. The second-order valence-electron chi connectivity index (χ2n) is 4.01. The molecule has 0 aliphatic heterocycles. The third kappa shape index (κ3) is 3.18. The SMILES string of the molecule is COCCn1c(N)c(CN(C)C)c(=O)[nH]c1=O. The molecular formula is C10H18N4O3. The maximum absolute atomic E-state index is 11.6. The number of hydrogen-bond acceptors (Lipinski definition) is 5. The van der Waals surface area contributed by atoms with Crippen LogP contribution in [-0.2, 0) is 17.8 Å². The minimum absolute atomic E-state index is 0.199. The van der Waals surface area contributed by atoms with Gasteiger partial charge in [0.15, 0.2) is 0 Å². The Hall–Kier alpha value is -1.60. The smallest absolute Gasteiger partial charge is 0.329 e. The van der Waals surface area contributed by atoms with E-state index in [2.05, 4.69) is 4.98 Å². The summed E-state index contributed by atoms with van der Waals surface area (Å²) in [6.45, 7) is 1.06. The highest BCUT2D eigenvalue weighted by Gasteiger charge is 2.12. The van der Waals surface area contributed by atoms with E-state index in [0.29, 0.717) is 25.3 Å². The van der Waals surface area contributed by atoms with Gasteiger partial charge in [-0.1, -0.05) is 0 Å². The lowest BCUT2D eigenvalue weighted by Crippen LogP contribution is -2.36. The molecule has 3 N–H and O–H groups in total. The summed E-state index contributed by atoms with van der Waals surface area (Å²) in [4.78, 5) is 27.2. The number of nitrogen functional groups attached to an aromatic ring is 1. The Morgan fingerprint density at radius 2 is 2.06 bits per heavy atom. The average Bonchev–Trinajstić information content (AvgIpc) is 2.23. The van der Waals surface area contributed by atoms with E-state index in [4.69, 9.17) is 10.5 Å². The molecule has 0 atom stereocenters. The van der Waals surface area contributed by atoms with Gasteiger partial charge in [0.2, 0.25) is 0 Å². The van der Waals surface area contributed by atoms with Crippen LogP contribution < -0.4 is 17.0 Å². The van der Waals surface area contributed by atoms with Crippen LogP contribution in [0.15, 0.2) is 9.59 Å². The number of nitrogens with one attached hydrogen (secondary N) is 1. The molecule has 0 saturated carbocycles. The summed E-state index contributed by atoms with van der Waals surface area (Å²) in [5, 5.41) is 0. The Balaban J connectivity index is 3.23. The average molecular weight is 242 g/mol. The summed E-state index contributed by atoms with van der Waals surface area (Å²) in [7, 11) is 5.18. The lowest BCUT2D eigenvalue weighted by Gasteiger charge is -2.14. The van der Waals surface area contributed by atoms with Gasteiger partial charge in [-0.25, -0.2) is 4.79 Å². The zero-order chi connectivity index (χ0) is 13.0. The standard InChI is InChI=1S/C10H18N4O3/c1-13(2)6-7-8(11)14(4-5-17-3)10(16)12-9(7)15/h4-6,11H2,1-3H3,(H,12,15,16). The summed E-state index contributed by atoms with van der Waals surface area (Å²) in [5.74, 6) is 0.199. The van der Waals surface area contributed by atoms with Crippen molar-refractivity contribution in [1.29, 1.82) is 0 Å². The molecule has 0 radical (unpaired) electrons. The number of ether oxygens (including phenoxy) is 1. The van der Waals surface area contributed by atoms with Gasteiger partial charge >= 0.3 is 5.69 Å². The van der Waals surface area contributed by atoms with E-state index >= 15 is 0 Å². The van der Waals surface area contributed by atoms with E-state index in [0.717, 1.165) is 0 Å². The quantitative estimate of drug-likeness (QED) is 0.678. The predicted molar refractivity (Wildman–Crippen MR) is 65.0 cm³/mol. The number of nitrogens with two attached hydrogens (primary N) is 1. The molecule has 7 heteroatoms. The van der Waals surface area contributed by atoms with Crippen LogP contribution >= 0.6 is 0 Å². The molecule has 0 aromatic carbocycles. The molecule has 0 bridgehead atoms. The van der Waals surface area contributed by atoms with Crippen molar-refractivity contribution in [1.82, 2.24) is 14.5 Å². The first-order chi connectivity index (χ1) is 7.97. The van der Waals surface area contributed by atoms with Crippen molar-refractivity contribution in [2.45, 2.75) is 13.1 Å². The van der Waals surface area contributed by atoms with Gasteiger partial charge in [-0.05, 0) is 14.1 Å². The van der Waals surface area contributed by atoms with Crippen molar-refractivity contribution >= 4 is 5.82 Å². The lowest BCUT2D eigenvalue weighted by molar-refractivity contribution is 0.186. The fourth-order valence-corrected chi connectivity index (χ4v) is 1.50. The summed E-state index contributed by atoms with van der Waals surface area (Å²) in [6, 6.07) is 0. The largest absolute Gasteiger partial charge is 0.385 e. The van der Waals surface area contributed by atoms with E-state index in [-0.39, 0.29) is 5.82 Å². The van der Waals surface area contributed by atoms with Gasteiger partial charge in [-0.15, -0.1) is 0 Å². The zero-order valence-corrected chi connectivity index (χ0v) is 10.3. The van der Waals surface area contributed by atoms with Crippen LogP contribution in [-0.4, -0.2) is 42.3 Å². The van der Waals surface area contributed by atoms with Crippen LogP contribution in [0.4, 0.5) is 5.82 Å². The Kier molecular flexibility index (Phi) is 4.47. The number of aromatic amines is 1. The molecule has 0 unspecified atom stereocenters. The normalized spacial score (nSPS) is 11.1. The predicted octanol–water partition coefficient (Wildman–Crippen LogP) is -1.17. The second kappa shape index (κ2) is 5.65. The van der Waals surface area contributed by atoms with Crippen LogP contribution in [0.5, 0.6) is 0 Å². The number of nitrogens with zero attached hydrogens (tertiary/aromatic N) is 2. The topological polar surface area (TPSA) is 93.3 Å². The summed E-state index contributed by atoms with van der Waals surface area (Å²) < 4.78 is 6.20. The molecular weight excluding hydrogens is 224 g/mol. The van der Waals surface area contributed by atoms with Crippen LogP contribution in [0.3, 0.4) is 0 Å². The molecule has 1 rings (SSSR count). The minimum atomic E-state index is -0.507. The number of rotatable bonds is 5. The highest BCUT2D eigenvalue weighted by molar-refractivity contribution is 5.38. The van der Waals surface area contributed by atoms with Crippen molar-refractivity contribution < 1.29 is 4.74 Å². The third-order valence-corrected chi connectivity index (χ3v) is 2.33. The van der Waals surface area contributed by atoms with Gasteiger partial charge < -0.3 is 15.4 Å². The van der Waals surface area contributed by atoms with Gasteiger partial charge in [-0.2, -0.15) is 0 Å². The Morgan fingerprint density at radius 1 is 1.41 bits per heavy atom. The summed E-state index contributed by atoms with van der Waals surface area (Å²) in [6.07, 6.45) is 0. The van der Waals surface area contributed by atoms with Gasteiger partial charge in [-0.3, -0.25) is 14.3 Å². The highest BCUT2D eigenvalue weighted by Crippen LogP contribution is 2.05. The molecule has 1 aromatic heterocycles. The van der Waals surface area contributed by atoms with Crippen LogP contribution in [0, 0.1) is 0 Å². The van der Waals surface area contributed by atoms with E-state index in [1.54, 1.807) is 0 Å². The Bertz CT molecular complexity index is 489. The molecule has 0 aliphatic rings. The molecule has 17 heavy (non-hydrogen) atoms. The maximum atomic E-state index is 11.6. The molecule has 0 saturated heterocycles. The van der Waals surface area contributed by atoms with Crippen molar-refractivity contribution in [3.8, 4) is 0 Å². The fourth-order valence-electron chi connectivity index (χ4n) is 1.50. The lowest BCUT2D eigenvalue weighted by atomic mass is 10.3. The van der Waals surface area contributed by atoms with Crippen LogP contribution in [0.2, 0.25) is 0 Å². The first-order valence-electron chi connectivity index (χ1n) is 5.22. The molecule has 0 fully saturated rings. The van der Waals surface area contributed by atoms with Gasteiger partial charge in [0, 0.05) is 13.7 Å². The molecule has 0 aliphatic carbocycles. The Morgan fingerprint density at radius 3 is 2.59 bits per heavy atom. The first-order valence-corrected chi connectivity index (χ1v) is 5.22. The molecule has 0 amide bonds. The van der Waals surface area contributed by atoms with Crippen molar-refractivity contribution in [2.75, 3.05) is 33.5 Å². The van der Waals surface area contributed by atoms with Crippen molar-refractivity contribution in [2.24, 2.45) is 0 Å². The summed E-state index contributed by atoms with van der Waals surface area (Å²) in [5.41, 5.74) is 5.29. The Labute approximate surface area is 98.8 Å². The number of hydrogen-bond donors (Lipinski definition) is 2. The van der Waals surface area contributed by atoms with E-state index in [9.17, 15) is 9.59 Å². The van der Waals surface area contributed by atoms with Crippen molar-refractivity contribution in [3.63, 3.8) is 0 Å². The van der Waals surface area contributed by atoms with Crippen LogP contribution in [0.1, 0.15) is 5.56 Å². The first kappa shape index (κ1) is 13.5. The van der Waals surface area contributed by atoms with E-state index in [1.807, 2.05) is 19.0 Å². The van der Waals surface area contributed by atoms with E-state index in [1.165, 1.54) is 11.7 Å². The fraction of sp³-hybridized carbons (Fsp3) is 0.600. The molecule has 0 spiro atoms. The zero-order valence-electron chi connectivity index (χ0n) is 10.3. The highest BCUT2D eigenvalue weighted by atomic mass is 16.5. The monoisotopic (exact) mass is 242 g/mol. The number of anilines is 1. The number of methoxy groups -OCH3 is 1. The molecule has 7 nitrogen and oxygen atoms in total. The molecule has 96 valence electrons. The van der Waals surface area contributed by atoms with Gasteiger partial charge in [0.25, 0.3) is 5.56 Å². The van der Waals surface area contributed by atoms with E-state index < -0.39 is 11.2 Å². The van der Waals surface area contributed by atoms with Crippen LogP contribution in [0.25, 0.3) is 0 Å². The molecule has 1 aromatic rings.